The predicted octanol–water partition coefficient (Wildman–Crippen LogP) is 4.21. The Balaban J connectivity index is 1.79. The van der Waals surface area contributed by atoms with Crippen molar-refractivity contribution < 1.29 is 31.3 Å². The van der Waals surface area contributed by atoms with Crippen molar-refractivity contribution in [2.75, 3.05) is 46.7 Å². The number of rotatable bonds is 11. The number of nitrogens with zero attached hydrogens (tertiary/aromatic N) is 2. The number of urea groups is 1. The lowest BCUT2D eigenvalue weighted by Gasteiger charge is -2.25. The minimum absolute atomic E-state index is 0.0337. The number of carbonyl (C=O) groups is 1. The molecule has 0 saturated carbocycles. The van der Waals surface area contributed by atoms with E-state index in [9.17, 15) is 17.6 Å². The van der Waals surface area contributed by atoms with Crippen molar-refractivity contribution in [3.8, 4) is 17.2 Å². The molecule has 0 spiro atoms. The molecular formula is C26H30FN3O6S. The molecule has 0 heterocycles. The summed E-state index contributed by atoms with van der Waals surface area (Å²) in [7, 11) is 2.31. The fourth-order valence-electron chi connectivity index (χ4n) is 3.41. The summed E-state index contributed by atoms with van der Waals surface area (Å²) in [4.78, 5) is 16.3. The second-order valence-electron chi connectivity index (χ2n) is 8.34. The number of para-hydroxylation sites is 2. The number of amides is 2. The molecule has 9 nitrogen and oxygen atoms in total. The average molecular weight is 532 g/mol. The Morgan fingerprint density at radius 1 is 0.919 bits per heavy atom. The van der Waals surface area contributed by atoms with E-state index < -0.39 is 15.9 Å². The molecule has 0 radical (unpaired) electrons. The van der Waals surface area contributed by atoms with Gasteiger partial charge in [-0.05, 0) is 62.1 Å². The van der Waals surface area contributed by atoms with Gasteiger partial charge in [-0.25, -0.2) is 9.18 Å². The SMILES string of the molecule is COc1ccc(S(=O)(=O)Oc2cccc(CN(CCN(C)C)C(=O)Nc3ccccc3OC)c2)cc1F. The van der Waals surface area contributed by atoms with Crippen molar-refractivity contribution in [2.45, 2.75) is 11.4 Å². The molecule has 3 aromatic carbocycles. The van der Waals surface area contributed by atoms with E-state index in [0.29, 0.717) is 30.1 Å². The number of anilines is 1. The molecule has 198 valence electrons. The molecule has 2 amide bonds. The lowest BCUT2D eigenvalue weighted by Crippen LogP contribution is -2.39. The number of hydrogen-bond donors (Lipinski definition) is 1. The van der Waals surface area contributed by atoms with Crippen molar-refractivity contribution in [1.29, 1.82) is 0 Å². The van der Waals surface area contributed by atoms with Crippen molar-refractivity contribution >= 4 is 21.8 Å². The molecule has 0 aliphatic heterocycles. The van der Waals surface area contributed by atoms with Crippen LogP contribution < -0.4 is 19.0 Å². The molecule has 0 fully saturated rings. The zero-order valence-corrected chi connectivity index (χ0v) is 21.9. The number of halogens is 1. The van der Waals surface area contributed by atoms with Gasteiger partial charge in [0.15, 0.2) is 11.6 Å². The van der Waals surface area contributed by atoms with E-state index in [0.717, 1.165) is 6.07 Å². The van der Waals surface area contributed by atoms with E-state index in [1.54, 1.807) is 41.3 Å². The summed E-state index contributed by atoms with van der Waals surface area (Å²) in [6.07, 6.45) is 0. The summed E-state index contributed by atoms with van der Waals surface area (Å²) in [5.41, 5.74) is 1.17. The standard InChI is InChI=1S/C26H30FN3O6S/c1-29(2)14-15-30(26(31)28-23-10-5-6-11-25(23)35-4)18-19-8-7-9-20(16-19)36-37(32,33)21-12-13-24(34-3)22(27)17-21/h5-13,16-17H,14-15,18H2,1-4H3,(H,28,31). The Morgan fingerprint density at radius 3 is 2.32 bits per heavy atom. The van der Waals surface area contributed by atoms with Gasteiger partial charge in [-0.15, -0.1) is 0 Å². The molecule has 0 saturated heterocycles. The van der Waals surface area contributed by atoms with Gasteiger partial charge < -0.3 is 28.8 Å². The summed E-state index contributed by atoms with van der Waals surface area (Å²) in [6, 6.07) is 16.4. The van der Waals surface area contributed by atoms with Gasteiger partial charge in [0.1, 0.15) is 16.4 Å². The first-order valence-electron chi connectivity index (χ1n) is 11.3. The highest BCUT2D eigenvalue weighted by molar-refractivity contribution is 7.87. The summed E-state index contributed by atoms with van der Waals surface area (Å²) < 4.78 is 54.9. The molecule has 3 rings (SSSR count). The van der Waals surface area contributed by atoms with Crippen LogP contribution in [-0.4, -0.2) is 65.7 Å². The number of benzene rings is 3. The van der Waals surface area contributed by atoms with Crippen LogP contribution in [0.25, 0.3) is 0 Å². The molecular weight excluding hydrogens is 501 g/mol. The van der Waals surface area contributed by atoms with E-state index in [2.05, 4.69) is 5.32 Å². The molecule has 0 atom stereocenters. The van der Waals surface area contributed by atoms with Crippen LogP contribution in [0.1, 0.15) is 5.56 Å². The number of hydrogen-bond acceptors (Lipinski definition) is 7. The Bertz CT molecular complexity index is 1330. The maximum absolute atomic E-state index is 14.0. The smallest absolute Gasteiger partial charge is 0.339 e. The monoisotopic (exact) mass is 531 g/mol. The van der Waals surface area contributed by atoms with Crippen molar-refractivity contribution in [1.82, 2.24) is 9.80 Å². The molecule has 0 aliphatic rings. The van der Waals surface area contributed by atoms with Crippen molar-refractivity contribution in [3.05, 3.63) is 78.1 Å². The third kappa shape index (κ3) is 7.58. The van der Waals surface area contributed by atoms with Gasteiger partial charge in [0.25, 0.3) is 0 Å². The average Bonchev–Trinajstić information content (AvgIpc) is 2.86. The Labute approximate surface area is 216 Å². The fraction of sp³-hybridized carbons (Fsp3) is 0.269. The third-order valence-electron chi connectivity index (χ3n) is 5.34. The van der Waals surface area contributed by atoms with Gasteiger partial charge >= 0.3 is 16.1 Å². The maximum Gasteiger partial charge on any atom is 0.339 e. The molecule has 37 heavy (non-hydrogen) atoms. The normalized spacial score (nSPS) is 11.2. The van der Waals surface area contributed by atoms with E-state index in [1.807, 2.05) is 19.0 Å². The van der Waals surface area contributed by atoms with Crippen LogP contribution in [-0.2, 0) is 16.7 Å². The zero-order valence-electron chi connectivity index (χ0n) is 21.1. The second kappa shape index (κ2) is 12.4. The zero-order chi connectivity index (χ0) is 27.0. The molecule has 1 N–H and O–H groups in total. The first kappa shape index (κ1) is 27.8. The van der Waals surface area contributed by atoms with Gasteiger partial charge in [-0.3, -0.25) is 0 Å². The number of carbonyl (C=O) groups excluding carboxylic acids is 1. The van der Waals surface area contributed by atoms with Crippen LogP contribution in [0.2, 0.25) is 0 Å². The van der Waals surface area contributed by atoms with Gasteiger partial charge in [0, 0.05) is 19.6 Å². The quantitative estimate of drug-likeness (QED) is 0.370. The first-order chi connectivity index (χ1) is 17.6. The highest BCUT2D eigenvalue weighted by Gasteiger charge is 2.20. The molecule has 0 unspecified atom stereocenters. The minimum Gasteiger partial charge on any atom is -0.495 e. The van der Waals surface area contributed by atoms with Gasteiger partial charge in [-0.2, -0.15) is 8.42 Å². The lowest BCUT2D eigenvalue weighted by molar-refractivity contribution is 0.202. The molecule has 0 aliphatic carbocycles. The van der Waals surface area contributed by atoms with Crippen LogP contribution in [0.4, 0.5) is 14.9 Å². The van der Waals surface area contributed by atoms with E-state index in [-0.39, 0.29) is 29.0 Å². The topological polar surface area (TPSA) is 97.4 Å². The molecule has 3 aromatic rings. The van der Waals surface area contributed by atoms with Crippen molar-refractivity contribution in [3.63, 3.8) is 0 Å². The van der Waals surface area contributed by atoms with E-state index >= 15 is 0 Å². The summed E-state index contributed by atoms with van der Waals surface area (Å²) in [5.74, 6) is -0.339. The van der Waals surface area contributed by atoms with E-state index in [4.69, 9.17) is 13.7 Å². The first-order valence-corrected chi connectivity index (χ1v) is 12.7. The highest BCUT2D eigenvalue weighted by Crippen LogP contribution is 2.26. The van der Waals surface area contributed by atoms with Crippen LogP contribution in [0.3, 0.4) is 0 Å². The van der Waals surface area contributed by atoms with E-state index in [1.165, 1.54) is 38.5 Å². The van der Waals surface area contributed by atoms with Crippen LogP contribution in [0.15, 0.2) is 71.6 Å². The minimum atomic E-state index is -4.30. The predicted molar refractivity (Wildman–Crippen MR) is 138 cm³/mol. The summed E-state index contributed by atoms with van der Waals surface area (Å²) in [6.45, 7) is 1.19. The van der Waals surface area contributed by atoms with Crippen LogP contribution >= 0.6 is 0 Å². The third-order valence-corrected chi connectivity index (χ3v) is 6.59. The highest BCUT2D eigenvalue weighted by atomic mass is 32.2. The Hall–Kier alpha value is -3.83. The largest absolute Gasteiger partial charge is 0.495 e. The van der Waals surface area contributed by atoms with Crippen molar-refractivity contribution in [2.24, 2.45) is 0 Å². The lowest BCUT2D eigenvalue weighted by atomic mass is 10.2. The van der Waals surface area contributed by atoms with Crippen LogP contribution in [0, 0.1) is 5.82 Å². The fourth-order valence-corrected chi connectivity index (χ4v) is 4.34. The number of ether oxygens (including phenoxy) is 2. The van der Waals surface area contributed by atoms with Gasteiger partial charge in [0.05, 0.1) is 19.9 Å². The Kier molecular flexibility index (Phi) is 9.31. The summed E-state index contributed by atoms with van der Waals surface area (Å²) >= 11 is 0. The molecule has 0 bridgehead atoms. The van der Waals surface area contributed by atoms with Crippen LogP contribution in [0.5, 0.6) is 17.2 Å². The number of nitrogens with one attached hydrogen (secondary N) is 1. The molecule has 11 heteroatoms. The molecule has 0 aromatic heterocycles. The Morgan fingerprint density at radius 2 is 1.65 bits per heavy atom. The second-order valence-corrected chi connectivity index (χ2v) is 9.88. The number of likely N-dealkylation sites (N-methyl/N-ethyl adjacent to an activating group) is 1. The number of methoxy groups -OCH3 is 2. The maximum atomic E-state index is 14.0. The summed E-state index contributed by atoms with van der Waals surface area (Å²) in [5, 5.41) is 2.87. The van der Waals surface area contributed by atoms with Gasteiger partial charge in [0.2, 0.25) is 0 Å². The van der Waals surface area contributed by atoms with Gasteiger partial charge in [-0.1, -0.05) is 24.3 Å².